The summed E-state index contributed by atoms with van der Waals surface area (Å²) in [5.41, 5.74) is 1.84. The maximum Gasteiger partial charge on any atom is 0.245 e. The van der Waals surface area contributed by atoms with Crippen molar-refractivity contribution in [3.63, 3.8) is 0 Å². The number of aldehydes is 1. The summed E-state index contributed by atoms with van der Waals surface area (Å²) in [7, 11) is 1.75. The van der Waals surface area contributed by atoms with Crippen LogP contribution < -0.4 is 10.1 Å². The van der Waals surface area contributed by atoms with Crippen molar-refractivity contribution in [2.75, 3.05) is 19.0 Å². The highest BCUT2D eigenvalue weighted by Crippen LogP contribution is 2.33. The minimum absolute atomic E-state index is 0.0727. The molecule has 1 atom stereocenters. The minimum Gasteiger partial charge on any atom is -0.491 e. The van der Waals surface area contributed by atoms with Crippen LogP contribution in [-0.2, 0) is 16.1 Å². The standard InChI is InChI=1S/C17H24N2O3/c1-12(2)8-10-22-15-6-4-5-13-11-19(3)17(21)14(7-9-20)18-16(13)15/h4-6,9,12,14,18H,7-8,10-11H2,1-3H3. The number of carbonyl (C=O) groups is 2. The van der Waals surface area contributed by atoms with Gasteiger partial charge in [0.05, 0.1) is 12.3 Å². The van der Waals surface area contributed by atoms with Gasteiger partial charge in [-0.25, -0.2) is 0 Å². The number of anilines is 1. The van der Waals surface area contributed by atoms with Crippen LogP contribution in [0.25, 0.3) is 0 Å². The lowest BCUT2D eigenvalue weighted by Gasteiger charge is -2.19. The molecule has 0 radical (unpaired) electrons. The van der Waals surface area contributed by atoms with Crippen molar-refractivity contribution in [1.82, 2.24) is 4.90 Å². The number of nitrogens with zero attached hydrogens (tertiary/aromatic N) is 1. The molecule has 0 spiro atoms. The van der Waals surface area contributed by atoms with Crippen molar-refractivity contribution in [3.8, 4) is 5.75 Å². The van der Waals surface area contributed by atoms with Gasteiger partial charge < -0.3 is 19.7 Å². The smallest absolute Gasteiger partial charge is 0.245 e. The third-order valence-electron chi connectivity index (χ3n) is 3.80. The quantitative estimate of drug-likeness (QED) is 0.820. The predicted molar refractivity (Wildman–Crippen MR) is 86.0 cm³/mol. The first kappa shape index (κ1) is 16.3. The van der Waals surface area contributed by atoms with Crippen LogP contribution in [0.5, 0.6) is 5.75 Å². The number of rotatable bonds is 6. The highest BCUT2D eigenvalue weighted by molar-refractivity contribution is 5.89. The first-order valence-electron chi connectivity index (χ1n) is 7.72. The van der Waals surface area contributed by atoms with E-state index in [-0.39, 0.29) is 12.3 Å². The predicted octanol–water partition coefficient (Wildman–Crippen LogP) is 2.45. The average Bonchev–Trinajstić information content (AvgIpc) is 2.58. The van der Waals surface area contributed by atoms with E-state index in [1.807, 2.05) is 18.2 Å². The van der Waals surface area contributed by atoms with Crippen molar-refractivity contribution in [3.05, 3.63) is 23.8 Å². The van der Waals surface area contributed by atoms with Crippen LogP contribution in [0, 0.1) is 5.92 Å². The Morgan fingerprint density at radius 2 is 2.23 bits per heavy atom. The van der Waals surface area contributed by atoms with E-state index >= 15 is 0 Å². The van der Waals surface area contributed by atoms with Gasteiger partial charge in [-0.3, -0.25) is 4.79 Å². The zero-order valence-electron chi connectivity index (χ0n) is 13.5. The van der Waals surface area contributed by atoms with Crippen LogP contribution in [-0.4, -0.2) is 36.8 Å². The molecule has 0 aromatic heterocycles. The molecule has 1 unspecified atom stereocenters. The van der Waals surface area contributed by atoms with Crippen LogP contribution in [0.4, 0.5) is 5.69 Å². The molecule has 120 valence electrons. The second-order valence-electron chi connectivity index (χ2n) is 6.11. The van der Waals surface area contributed by atoms with Crippen molar-refractivity contribution >= 4 is 17.9 Å². The number of nitrogens with one attached hydrogen (secondary N) is 1. The van der Waals surface area contributed by atoms with Gasteiger partial charge in [-0.1, -0.05) is 26.0 Å². The van der Waals surface area contributed by atoms with Gasteiger partial charge in [0.1, 0.15) is 18.1 Å². The summed E-state index contributed by atoms with van der Waals surface area (Å²) in [5.74, 6) is 1.25. The molecule has 2 rings (SSSR count). The molecule has 0 saturated heterocycles. The summed E-state index contributed by atoms with van der Waals surface area (Å²) in [4.78, 5) is 24.8. The van der Waals surface area contributed by atoms with Crippen LogP contribution in [0.1, 0.15) is 32.3 Å². The molecular formula is C17H24N2O3. The summed E-state index contributed by atoms with van der Waals surface area (Å²) >= 11 is 0. The molecular weight excluding hydrogens is 280 g/mol. The van der Waals surface area contributed by atoms with Gasteiger partial charge in [-0.15, -0.1) is 0 Å². The molecule has 0 bridgehead atoms. The number of likely N-dealkylation sites (N-methyl/N-ethyl adjacent to an activating group) is 1. The largest absolute Gasteiger partial charge is 0.491 e. The molecule has 0 aliphatic carbocycles. The van der Waals surface area contributed by atoms with E-state index < -0.39 is 6.04 Å². The Hall–Kier alpha value is -2.04. The minimum atomic E-state index is -0.529. The van der Waals surface area contributed by atoms with Crippen molar-refractivity contribution in [2.24, 2.45) is 5.92 Å². The number of hydrogen-bond donors (Lipinski definition) is 1. The highest BCUT2D eigenvalue weighted by atomic mass is 16.5. The Balaban J connectivity index is 2.24. The third kappa shape index (κ3) is 3.78. The van der Waals surface area contributed by atoms with Crippen LogP contribution >= 0.6 is 0 Å². The summed E-state index contributed by atoms with van der Waals surface area (Å²) in [6, 6.07) is 5.28. The van der Waals surface area contributed by atoms with Crippen molar-refractivity contribution in [2.45, 2.75) is 39.3 Å². The van der Waals surface area contributed by atoms with Gasteiger partial charge in [0, 0.05) is 20.0 Å². The van der Waals surface area contributed by atoms with Gasteiger partial charge in [0.2, 0.25) is 5.91 Å². The first-order valence-corrected chi connectivity index (χ1v) is 7.72. The fourth-order valence-electron chi connectivity index (χ4n) is 2.49. The van der Waals surface area contributed by atoms with E-state index in [4.69, 9.17) is 4.74 Å². The zero-order valence-corrected chi connectivity index (χ0v) is 13.5. The van der Waals surface area contributed by atoms with Gasteiger partial charge >= 0.3 is 0 Å². The molecule has 0 saturated carbocycles. The van der Waals surface area contributed by atoms with E-state index in [1.165, 1.54) is 0 Å². The first-order chi connectivity index (χ1) is 10.5. The highest BCUT2D eigenvalue weighted by Gasteiger charge is 2.28. The molecule has 5 nitrogen and oxygen atoms in total. The van der Waals surface area contributed by atoms with Crippen LogP contribution in [0.3, 0.4) is 0 Å². The van der Waals surface area contributed by atoms with Crippen LogP contribution in [0.15, 0.2) is 18.2 Å². The fourth-order valence-corrected chi connectivity index (χ4v) is 2.49. The summed E-state index contributed by atoms with van der Waals surface area (Å²) in [6.45, 7) is 5.46. The molecule has 1 aromatic rings. The number of benzene rings is 1. The van der Waals surface area contributed by atoms with Crippen LogP contribution in [0.2, 0.25) is 0 Å². The molecule has 1 aliphatic rings. The third-order valence-corrected chi connectivity index (χ3v) is 3.80. The van der Waals surface area contributed by atoms with Gasteiger partial charge in [-0.05, 0) is 24.0 Å². The van der Waals surface area contributed by atoms with E-state index in [2.05, 4.69) is 19.2 Å². The van der Waals surface area contributed by atoms with Gasteiger partial charge in [-0.2, -0.15) is 0 Å². The summed E-state index contributed by atoms with van der Waals surface area (Å²) in [5, 5.41) is 3.20. The summed E-state index contributed by atoms with van der Waals surface area (Å²) in [6.07, 6.45) is 1.90. The number of hydrogen-bond acceptors (Lipinski definition) is 4. The van der Waals surface area contributed by atoms with E-state index in [0.29, 0.717) is 19.1 Å². The topological polar surface area (TPSA) is 58.6 Å². The Bertz CT molecular complexity index is 543. The fraction of sp³-hybridized carbons (Fsp3) is 0.529. The maximum atomic E-state index is 12.3. The lowest BCUT2D eigenvalue weighted by Crippen LogP contribution is -2.38. The molecule has 1 aliphatic heterocycles. The zero-order chi connectivity index (χ0) is 16.1. The molecule has 1 aromatic carbocycles. The molecule has 1 N–H and O–H groups in total. The average molecular weight is 304 g/mol. The number of amides is 1. The SMILES string of the molecule is CC(C)CCOc1cccc2c1NC(CC=O)C(=O)N(C)C2. The Labute approximate surface area is 131 Å². The Morgan fingerprint density at radius 3 is 2.91 bits per heavy atom. The van der Waals surface area contributed by atoms with E-state index in [1.54, 1.807) is 11.9 Å². The number of fused-ring (bicyclic) bond motifs is 1. The molecule has 22 heavy (non-hydrogen) atoms. The monoisotopic (exact) mass is 304 g/mol. The maximum absolute atomic E-state index is 12.3. The second-order valence-corrected chi connectivity index (χ2v) is 6.11. The number of carbonyl (C=O) groups excluding carboxylic acids is 2. The number of para-hydroxylation sites is 1. The van der Waals surface area contributed by atoms with Gasteiger partial charge in [0.15, 0.2) is 0 Å². The van der Waals surface area contributed by atoms with Crippen molar-refractivity contribution in [1.29, 1.82) is 0 Å². The Morgan fingerprint density at radius 1 is 1.45 bits per heavy atom. The molecule has 0 fully saturated rings. The Kier molecular flexibility index (Phi) is 5.41. The number of ether oxygens (including phenoxy) is 1. The van der Waals surface area contributed by atoms with Gasteiger partial charge in [0.25, 0.3) is 0 Å². The lowest BCUT2D eigenvalue weighted by molar-refractivity contribution is -0.132. The molecule has 5 heteroatoms. The van der Waals surface area contributed by atoms with E-state index in [9.17, 15) is 9.59 Å². The summed E-state index contributed by atoms with van der Waals surface area (Å²) < 4.78 is 5.89. The molecule has 1 amide bonds. The normalized spacial score (nSPS) is 17.7. The van der Waals surface area contributed by atoms with E-state index in [0.717, 1.165) is 29.7 Å². The second kappa shape index (κ2) is 7.29. The molecule has 1 heterocycles. The van der Waals surface area contributed by atoms with Crippen molar-refractivity contribution < 1.29 is 14.3 Å². The lowest BCUT2D eigenvalue weighted by atomic mass is 10.1.